The van der Waals surface area contributed by atoms with Crippen LogP contribution in [0.1, 0.15) is 36.9 Å². The normalized spacial score (nSPS) is 12.6. The molecule has 2 heterocycles. The summed E-state index contributed by atoms with van der Waals surface area (Å²) < 4.78 is 50.2. The van der Waals surface area contributed by atoms with E-state index in [4.69, 9.17) is 16.7 Å². The minimum atomic E-state index is -4.01. The molecule has 0 aliphatic heterocycles. The highest BCUT2D eigenvalue weighted by atomic mass is 35.5. The van der Waals surface area contributed by atoms with Crippen molar-refractivity contribution in [2.24, 2.45) is 5.14 Å². The van der Waals surface area contributed by atoms with Crippen molar-refractivity contribution >= 4 is 43.9 Å². The van der Waals surface area contributed by atoms with E-state index in [1.165, 1.54) is 16.8 Å². The molecule has 3 rings (SSSR count). The first-order chi connectivity index (χ1) is 11.6. The standard InChI is InChI=1S/C13H12ClF2N5O2S2/c1-5(2)10-9-7(14)3-6(25(17,22)23)4-8(9)21(20-10)13-19-18-12(24-13)11(15)16/h3-5,11H,1-2H3,(H2,17,22,23). The molecule has 0 amide bonds. The molecule has 0 aliphatic carbocycles. The van der Waals surface area contributed by atoms with Gasteiger partial charge in [-0.05, 0) is 18.1 Å². The fraction of sp³-hybridized carbons (Fsp3) is 0.308. The van der Waals surface area contributed by atoms with Crippen molar-refractivity contribution in [2.45, 2.75) is 31.1 Å². The Morgan fingerprint density at radius 1 is 1.28 bits per heavy atom. The number of sulfonamides is 1. The fourth-order valence-corrected chi connectivity index (χ4v) is 3.91. The van der Waals surface area contributed by atoms with Crippen LogP contribution in [0.15, 0.2) is 17.0 Å². The van der Waals surface area contributed by atoms with Crippen LogP contribution in [0, 0.1) is 0 Å². The number of alkyl halides is 2. The van der Waals surface area contributed by atoms with Crippen molar-refractivity contribution < 1.29 is 17.2 Å². The van der Waals surface area contributed by atoms with Crippen molar-refractivity contribution in [3.63, 3.8) is 0 Å². The van der Waals surface area contributed by atoms with E-state index < -0.39 is 21.5 Å². The molecule has 12 heteroatoms. The van der Waals surface area contributed by atoms with Crippen LogP contribution in [-0.2, 0) is 10.0 Å². The van der Waals surface area contributed by atoms with Crippen molar-refractivity contribution in [2.75, 3.05) is 0 Å². The van der Waals surface area contributed by atoms with Crippen LogP contribution in [0.5, 0.6) is 0 Å². The van der Waals surface area contributed by atoms with E-state index in [-0.39, 0.29) is 21.0 Å². The molecule has 0 radical (unpaired) electrons. The van der Waals surface area contributed by atoms with Gasteiger partial charge in [-0.1, -0.05) is 36.8 Å². The molecule has 2 N–H and O–H groups in total. The summed E-state index contributed by atoms with van der Waals surface area (Å²) in [5.41, 5.74) is 0.881. The average Bonchev–Trinajstić information content (AvgIpc) is 3.10. The lowest BCUT2D eigenvalue weighted by molar-refractivity contribution is 0.150. The number of nitrogens with zero attached hydrogens (tertiary/aromatic N) is 4. The quantitative estimate of drug-likeness (QED) is 0.714. The van der Waals surface area contributed by atoms with Crippen molar-refractivity contribution in [1.29, 1.82) is 0 Å². The Balaban J connectivity index is 2.35. The summed E-state index contributed by atoms with van der Waals surface area (Å²) in [4.78, 5) is -0.208. The molecule has 0 saturated carbocycles. The first kappa shape index (κ1) is 18.1. The van der Waals surface area contributed by atoms with Gasteiger partial charge in [0.05, 0.1) is 21.1 Å². The highest BCUT2D eigenvalue weighted by Gasteiger charge is 2.23. The molecule has 2 aromatic heterocycles. The van der Waals surface area contributed by atoms with Crippen LogP contribution in [0.3, 0.4) is 0 Å². The third-order valence-corrected chi connectivity index (χ3v) is 5.51. The highest BCUT2D eigenvalue weighted by Crippen LogP contribution is 2.35. The molecule has 0 bridgehead atoms. The molecule has 0 fully saturated rings. The van der Waals surface area contributed by atoms with Crippen LogP contribution in [0.25, 0.3) is 16.0 Å². The van der Waals surface area contributed by atoms with Crippen LogP contribution >= 0.6 is 22.9 Å². The maximum atomic E-state index is 12.8. The number of halogens is 3. The molecule has 3 aromatic rings. The molecule has 0 atom stereocenters. The monoisotopic (exact) mass is 407 g/mol. The van der Waals surface area contributed by atoms with Gasteiger partial charge in [-0.15, -0.1) is 10.2 Å². The van der Waals surface area contributed by atoms with Crippen LogP contribution in [-0.4, -0.2) is 28.4 Å². The summed E-state index contributed by atoms with van der Waals surface area (Å²) in [7, 11) is -4.01. The molecular weight excluding hydrogens is 396 g/mol. The Kier molecular flexibility index (Phi) is 4.52. The van der Waals surface area contributed by atoms with Gasteiger partial charge in [-0.3, -0.25) is 0 Å². The average molecular weight is 408 g/mol. The van der Waals surface area contributed by atoms with E-state index in [0.717, 1.165) is 0 Å². The Hall–Kier alpha value is -1.69. The van der Waals surface area contributed by atoms with E-state index in [9.17, 15) is 17.2 Å². The zero-order valence-electron chi connectivity index (χ0n) is 12.9. The van der Waals surface area contributed by atoms with E-state index in [1.807, 2.05) is 13.8 Å². The lowest BCUT2D eigenvalue weighted by Gasteiger charge is -2.04. The molecule has 25 heavy (non-hydrogen) atoms. The largest absolute Gasteiger partial charge is 0.291 e. The van der Waals surface area contributed by atoms with Gasteiger partial charge in [0, 0.05) is 5.39 Å². The van der Waals surface area contributed by atoms with Crippen molar-refractivity contribution in [3.8, 4) is 5.13 Å². The smallest absolute Gasteiger partial charge is 0.225 e. The SMILES string of the molecule is CC(C)c1nn(-c2nnc(C(F)F)s2)c2cc(S(N)(=O)=O)cc(Cl)c12. The van der Waals surface area contributed by atoms with Gasteiger partial charge in [-0.25, -0.2) is 27.0 Å². The summed E-state index contributed by atoms with van der Waals surface area (Å²) in [6.07, 6.45) is -2.76. The summed E-state index contributed by atoms with van der Waals surface area (Å²) >= 11 is 6.91. The first-order valence-electron chi connectivity index (χ1n) is 6.96. The molecule has 0 saturated heterocycles. The number of fused-ring (bicyclic) bond motifs is 1. The van der Waals surface area contributed by atoms with Crippen molar-refractivity contribution in [3.05, 3.63) is 27.9 Å². The molecule has 0 unspecified atom stereocenters. The van der Waals surface area contributed by atoms with Gasteiger partial charge in [0.25, 0.3) is 6.43 Å². The van der Waals surface area contributed by atoms with Crippen LogP contribution < -0.4 is 5.14 Å². The Morgan fingerprint density at radius 3 is 2.48 bits per heavy atom. The minimum absolute atomic E-state index is 0.0518. The summed E-state index contributed by atoms with van der Waals surface area (Å²) in [5, 5.41) is 17.0. The Bertz CT molecular complexity index is 1060. The zero-order valence-corrected chi connectivity index (χ0v) is 15.3. The van der Waals surface area contributed by atoms with Crippen LogP contribution in [0.4, 0.5) is 8.78 Å². The second kappa shape index (κ2) is 6.24. The third kappa shape index (κ3) is 3.24. The third-order valence-electron chi connectivity index (χ3n) is 3.41. The number of benzene rings is 1. The molecule has 134 valence electrons. The van der Waals surface area contributed by atoms with Gasteiger partial charge >= 0.3 is 0 Å². The predicted octanol–water partition coefficient (Wildman–Crippen LogP) is 3.24. The van der Waals surface area contributed by atoms with E-state index in [0.29, 0.717) is 27.9 Å². The van der Waals surface area contributed by atoms with Crippen LogP contribution in [0.2, 0.25) is 5.02 Å². The van der Waals surface area contributed by atoms with Gasteiger partial charge in [0.2, 0.25) is 15.2 Å². The van der Waals surface area contributed by atoms with Crippen molar-refractivity contribution in [1.82, 2.24) is 20.0 Å². The summed E-state index contributed by atoms with van der Waals surface area (Å²) in [6.45, 7) is 3.75. The molecule has 0 spiro atoms. The number of hydrogen-bond donors (Lipinski definition) is 1. The maximum absolute atomic E-state index is 12.8. The lowest BCUT2D eigenvalue weighted by Crippen LogP contribution is -2.12. The van der Waals surface area contributed by atoms with Gasteiger partial charge < -0.3 is 0 Å². The van der Waals surface area contributed by atoms with Gasteiger partial charge in [-0.2, -0.15) is 5.10 Å². The summed E-state index contributed by atoms with van der Waals surface area (Å²) in [6, 6.07) is 2.53. The Morgan fingerprint density at radius 2 is 1.96 bits per heavy atom. The Labute approximate surface area is 150 Å². The highest BCUT2D eigenvalue weighted by molar-refractivity contribution is 7.89. The molecule has 7 nitrogen and oxygen atoms in total. The number of hydrogen-bond acceptors (Lipinski definition) is 6. The second-order valence-corrected chi connectivity index (χ2v) is 8.48. The maximum Gasteiger partial charge on any atom is 0.291 e. The number of aromatic nitrogens is 4. The molecule has 1 aromatic carbocycles. The van der Waals surface area contributed by atoms with E-state index in [1.54, 1.807) is 0 Å². The minimum Gasteiger partial charge on any atom is -0.225 e. The van der Waals surface area contributed by atoms with E-state index in [2.05, 4.69) is 15.3 Å². The van der Waals surface area contributed by atoms with Gasteiger partial charge in [0.1, 0.15) is 0 Å². The first-order valence-corrected chi connectivity index (χ1v) is 9.70. The number of primary sulfonamides is 1. The second-order valence-electron chi connectivity index (χ2n) is 5.52. The zero-order chi connectivity index (χ0) is 18.5. The number of rotatable bonds is 4. The predicted molar refractivity (Wildman–Crippen MR) is 90.0 cm³/mol. The lowest BCUT2D eigenvalue weighted by atomic mass is 10.1. The fourth-order valence-electron chi connectivity index (χ4n) is 2.31. The molecule has 0 aliphatic rings. The number of nitrogens with two attached hydrogens (primary N) is 1. The van der Waals surface area contributed by atoms with Gasteiger partial charge in [0.15, 0.2) is 5.01 Å². The van der Waals surface area contributed by atoms with E-state index >= 15 is 0 Å². The molecular formula is C13H12ClF2N5O2S2. The topological polar surface area (TPSA) is 104 Å². The summed E-state index contributed by atoms with van der Waals surface area (Å²) in [5.74, 6) is -0.0518.